The van der Waals surface area contributed by atoms with E-state index in [4.69, 9.17) is 4.99 Å². The van der Waals surface area contributed by atoms with Crippen LogP contribution < -0.4 is 5.32 Å². The van der Waals surface area contributed by atoms with Crippen LogP contribution in [0.15, 0.2) is 4.99 Å². The Labute approximate surface area is 141 Å². The van der Waals surface area contributed by atoms with Gasteiger partial charge in [0.1, 0.15) is 0 Å². The number of nitrogens with one attached hydrogen (secondary N) is 1. The number of hydrogen-bond donors (Lipinski definition) is 1. The fourth-order valence-electron chi connectivity index (χ4n) is 3.15. The molecule has 0 aromatic heterocycles. The molecule has 1 unspecified atom stereocenters. The first-order chi connectivity index (χ1) is 11.1. The van der Waals surface area contributed by atoms with Gasteiger partial charge in [0.05, 0.1) is 7.11 Å². The van der Waals surface area contributed by atoms with Crippen molar-refractivity contribution in [2.24, 2.45) is 16.8 Å². The molecule has 0 amide bonds. The molecule has 1 aliphatic heterocycles. The highest BCUT2D eigenvalue weighted by atomic mass is 16.5. The van der Waals surface area contributed by atoms with Gasteiger partial charge in [-0.3, -0.25) is 9.79 Å². The lowest BCUT2D eigenvalue weighted by atomic mass is 9.97. The molecule has 5 nitrogen and oxygen atoms in total. The molecule has 1 rings (SSSR count). The lowest BCUT2D eigenvalue weighted by Gasteiger charge is -2.22. The number of guanidine groups is 1. The van der Waals surface area contributed by atoms with Crippen molar-refractivity contribution in [2.45, 2.75) is 59.3 Å². The van der Waals surface area contributed by atoms with Crippen molar-refractivity contribution in [3.05, 3.63) is 0 Å². The third-order valence-electron chi connectivity index (χ3n) is 4.25. The number of carbonyl (C=O) groups is 1. The molecule has 1 aliphatic rings. The van der Waals surface area contributed by atoms with E-state index in [-0.39, 0.29) is 5.97 Å². The smallest absolute Gasteiger partial charge is 0.305 e. The molecule has 1 fully saturated rings. The Morgan fingerprint density at radius 2 is 2.13 bits per heavy atom. The number of likely N-dealkylation sites (tertiary alicyclic amines) is 1. The van der Waals surface area contributed by atoms with E-state index in [2.05, 4.69) is 35.7 Å². The Morgan fingerprint density at radius 1 is 1.35 bits per heavy atom. The fraction of sp³-hybridized carbons (Fsp3) is 0.889. The summed E-state index contributed by atoms with van der Waals surface area (Å²) in [7, 11) is 1.44. The number of methoxy groups -OCH3 is 1. The number of aliphatic imine (C=N–C) groups is 1. The van der Waals surface area contributed by atoms with E-state index >= 15 is 0 Å². The molecule has 0 saturated carbocycles. The maximum absolute atomic E-state index is 11.1. The zero-order valence-corrected chi connectivity index (χ0v) is 15.4. The number of unbranched alkanes of at least 4 members (excludes halogenated alkanes) is 2. The zero-order valence-electron chi connectivity index (χ0n) is 15.4. The maximum Gasteiger partial charge on any atom is 0.305 e. The molecule has 0 spiro atoms. The molecule has 5 heteroatoms. The summed E-state index contributed by atoms with van der Waals surface area (Å²) in [5, 5.41) is 3.42. The molecule has 23 heavy (non-hydrogen) atoms. The van der Waals surface area contributed by atoms with Gasteiger partial charge < -0.3 is 15.0 Å². The van der Waals surface area contributed by atoms with Crippen molar-refractivity contribution in [1.29, 1.82) is 0 Å². The predicted molar refractivity (Wildman–Crippen MR) is 95.6 cm³/mol. The van der Waals surface area contributed by atoms with Gasteiger partial charge in [-0.15, -0.1) is 0 Å². The number of nitrogens with zero attached hydrogens (tertiary/aromatic N) is 2. The van der Waals surface area contributed by atoms with Crippen LogP contribution in [-0.4, -0.2) is 50.1 Å². The van der Waals surface area contributed by atoms with Crippen LogP contribution in [0.4, 0.5) is 0 Å². The van der Waals surface area contributed by atoms with E-state index in [0.717, 1.165) is 63.2 Å². The summed E-state index contributed by atoms with van der Waals surface area (Å²) in [6, 6.07) is 0. The second-order valence-corrected chi connectivity index (χ2v) is 6.85. The summed E-state index contributed by atoms with van der Waals surface area (Å²) in [6.45, 7) is 10.7. The molecule has 1 atom stereocenters. The van der Waals surface area contributed by atoms with Gasteiger partial charge in [0.2, 0.25) is 0 Å². The average molecular weight is 325 g/mol. The summed E-state index contributed by atoms with van der Waals surface area (Å²) in [5.41, 5.74) is 0. The van der Waals surface area contributed by atoms with Crippen molar-refractivity contribution in [3.8, 4) is 0 Å². The summed E-state index contributed by atoms with van der Waals surface area (Å²) >= 11 is 0. The van der Waals surface area contributed by atoms with E-state index in [1.54, 1.807) is 0 Å². The van der Waals surface area contributed by atoms with Crippen LogP contribution >= 0.6 is 0 Å². The molecule has 0 radical (unpaired) electrons. The van der Waals surface area contributed by atoms with Crippen LogP contribution in [0.2, 0.25) is 0 Å². The summed E-state index contributed by atoms with van der Waals surface area (Å²) in [4.78, 5) is 18.2. The maximum atomic E-state index is 11.1. The summed E-state index contributed by atoms with van der Waals surface area (Å²) in [6.07, 6.45) is 6.04. The Kier molecular flexibility index (Phi) is 9.72. The van der Waals surface area contributed by atoms with Crippen molar-refractivity contribution in [1.82, 2.24) is 10.2 Å². The number of rotatable bonds is 9. The largest absolute Gasteiger partial charge is 0.469 e. The minimum atomic E-state index is -0.116. The van der Waals surface area contributed by atoms with Gasteiger partial charge in [0.25, 0.3) is 0 Å². The van der Waals surface area contributed by atoms with E-state index in [0.29, 0.717) is 6.42 Å². The summed E-state index contributed by atoms with van der Waals surface area (Å²) < 4.78 is 4.65. The van der Waals surface area contributed by atoms with E-state index < -0.39 is 0 Å². The van der Waals surface area contributed by atoms with Crippen LogP contribution in [-0.2, 0) is 9.53 Å². The third-order valence-corrected chi connectivity index (χ3v) is 4.25. The molecule has 134 valence electrons. The molecule has 0 bridgehead atoms. The van der Waals surface area contributed by atoms with Gasteiger partial charge in [-0.25, -0.2) is 0 Å². The van der Waals surface area contributed by atoms with Crippen molar-refractivity contribution in [2.75, 3.05) is 33.3 Å². The highest BCUT2D eigenvalue weighted by Crippen LogP contribution is 2.23. The quantitative estimate of drug-likeness (QED) is 0.306. The SMILES string of the molecule is CCNC(=NCCCCCC(=O)OC)N1CCC(CC(C)C)C1. The summed E-state index contributed by atoms with van der Waals surface area (Å²) in [5.74, 6) is 2.52. The van der Waals surface area contributed by atoms with Crippen LogP contribution in [0.25, 0.3) is 0 Å². The zero-order chi connectivity index (χ0) is 17.1. The Morgan fingerprint density at radius 3 is 2.78 bits per heavy atom. The number of ether oxygens (including phenoxy) is 1. The van der Waals surface area contributed by atoms with Crippen LogP contribution in [0.5, 0.6) is 0 Å². The lowest BCUT2D eigenvalue weighted by Crippen LogP contribution is -2.40. The van der Waals surface area contributed by atoms with E-state index in [1.165, 1.54) is 20.0 Å². The molecule has 1 N–H and O–H groups in total. The van der Waals surface area contributed by atoms with Gasteiger partial charge in [0, 0.05) is 32.6 Å². The minimum absolute atomic E-state index is 0.116. The third kappa shape index (κ3) is 8.24. The number of hydrogen-bond acceptors (Lipinski definition) is 3. The van der Waals surface area contributed by atoms with E-state index in [9.17, 15) is 4.79 Å². The van der Waals surface area contributed by atoms with Crippen LogP contribution in [0.1, 0.15) is 59.3 Å². The van der Waals surface area contributed by atoms with Gasteiger partial charge >= 0.3 is 5.97 Å². The van der Waals surface area contributed by atoms with Crippen molar-refractivity contribution in [3.63, 3.8) is 0 Å². The molecular formula is C18H35N3O2. The Bertz CT molecular complexity index is 369. The average Bonchev–Trinajstić information content (AvgIpc) is 2.96. The Hall–Kier alpha value is -1.26. The monoisotopic (exact) mass is 325 g/mol. The molecule has 0 aromatic rings. The lowest BCUT2D eigenvalue weighted by molar-refractivity contribution is -0.140. The first-order valence-electron chi connectivity index (χ1n) is 9.16. The van der Waals surface area contributed by atoms with Gasteiger partial charge in [-0.05, 0) is 44.4 Å². The second-order valence-electron chi connectivity index (χ2n) is 6.85. The predicted octanol–water partition coefficient (Wildman–Crippen LogP) is 3.05. The Balaban J connectivity index is 2.32. The molecule has 1 saturated heterocycles. The van der Waals surface area contributed by atoms with Gasteiger partial charge in [-0.1, -0.05) is 20.3 Å². The first-order valence-corrected chi connectivity index (χ1v) is 9.16. The number of carbonyl (C=O) groups excluding carboxylic acids is 1. The van der Waals surface area contributed by atoms with Crippen LogP contribution in [0.3, 0.4) is 0 Å². The van der Waals surface area contributed by atoms with Gasteiger partial charge in [-0.2, -0.15) is 0 Å². The molecule has 0 aromatic carbocycles. The highest BCUT2D eigenvalue weighted by Gasteiger charge is 2.25. The van der Waals surface area contributed by atoms with Crippen molar-refractivity contribution >= 4 is 11.9 Å². The first kappa shape index (κ1) is 19.8. The van der Waals surface area contributed by atoms with E-state index in [1.807, 2.05) is 0 Å². The standard InChI is InChI=1S/C18H35N3O2/c1-5-19-18(20-11-8-6-7-9-17(22)23-4)21-12-10-16(14-21)13-15(2)3/h15-16H,5-14H2,1-4H3,(H,19,20). The molecular weight excluding hydrogens is 290 g/mol. The topological polar surface area (TPSA) is 53.9 Å². The van der Waals surface area contributed by atoms with Crippen molar-refractivity contribution < 1.29 is 9.53 Å². The molecule has 1 heterocycles. The molecule has 0 aliphatic carbocycles. The highest BCUT2D eigenvalue weighted by molar-refractivity contribution is 5.80. The fourth-order valence-corrected chi connectivity index (χ4v) is 3.15. The number of esters is 1. The van der Waals surface area contributed by atoms with Gasteiger partial charge in [0.15, 0.2) is 5.96 Å². The minimum Gasteiger partial charge on any atom is -0.469 e. The normalized spacial score (nSPS) is 18.6. The second kappa shape index (κ2) is 11.3. The van der Waals surface area contributed by atoms with Crippen LogP contribution in [0, 0.1) is 11.8 Å².